The van der Waals surface area contributed by atoms with E-state index in [2.05, 4.69) is 62.7 Å². The molecule has 1 amide bonds. The summed E-state index contributed by atoms with van der Waals surface area (Å²) in [6, 6.07) is 0.172. The molecule has 5 rings (SSSR count). The Morgan fingerprint density at radius 3 is 2.81 bits per heavy atom. The summed E-state index contributed by atoms with van der Waals surface area (Å²) in [5.74, 6) is 1.71. The van der Waals surface area contributed by atoms with E-state index < -0.39 is 0 Å². The zero-order chi connectivity index (χ0) is 22.3. The van der Waals surface area contributed by atoms with Gasteiger partial charge in [-0.15, -0.1) is 0 Å². The van der Waals surface area contributed by atoms with Crippen LogP contribution in [0.1, 0.15) is 47.0 Å². The topological polar surface area (TPSA) is 101 Å². The molecule has 1 aliphatic heterocycles. The van der Waals surface area contributed by atoms with Crippen molar-refractivity contribution < 1.29 is 4.79 Å². The maximum absolute atomic E-state index is 12.8. The minimum atomic E-state index is -0.313. The van der Waals surface area contributed by atoms with Crippen LogP contribution in [0.15, 0.2) is 37.5 Å². The van der Waals surface area contributed by atoms with E-state index in [1.165, 1.54) is 11.1 Å². The van der Waals surface area contributed by atoms with Gasteiger partial charge >= 0.3 is 0 Å². The molecule has 0 aromatic carbocycles. The number of carbonyl (C=O) groups excluding carboxylic acids is 1. The maximum atomic E-state index is 12.8. The summed E-state index contributed by atoms with van der Waals surface area (Å²) in [5, 5.41) is 18.5. The summed E-state index contributed by atoms with van der Waals surface area (Å²) < 4.78 is 1.61. The SMILES string of the molecule is CC(NC(=O)Cn1ncc(N[C@@H]2C[C@@H]3C[C@H]([C@H]2C)C3(C)C)c(Br)c1=O)C1=CN=NCC1. The fraction of sp³-hybridized carbons (Fsp3) is 0.682. The molecule has 5 atom stereocenters. The highest BCUT2D eigenvalue weighted by atomic mass is 79.9. The van der Waals surface area contributed by atoms with Crippen molar-refractivity contribution in [2.75, 3.05) is 11.9 Å². The van der Waals surface area contributed by atoms with Gasteiger partial charge in [-0.25, -0.2) is 4.68 Å². The molecule has 3 saturated carbocycles. The molecule has 168 valence electrons. The first-order chi connectivity index (χ1) is 14.7. The molecule has 0 radical (unpaired) electrons. The van der Waals surface area contributed by atoms with E-state index in [-0.39, 0.29) is 24.1 Å². The molecule has 8 nitrogen and oxygen atoms in total. The lowest BCUT2D eigenvalue weighted by Gasteiger charge is -2.62. The highest BCUT2D eigenvalue weighted by Crippen LogP contribution is 2.61. The third kappa shape index (κ3) is 4.21. The van der Waals surface area contributed by atoms with Crippen molar-refractivity contribution in [3.05, 3.63) is 32.8 Å². The summed E-state index contributed by atoms with van der Waals surface area (Å²) in [5.41, 5.74) is 1.82. The van der Waals surface area contributed by atoms with Gasteiger partial charge in [0.1, 0.15) is 11.0 Å². The number of halogens is 1. The van der Waals surface area contributed by atoms with Crippen LogP contribution in [0.2, 0.25) is 0 Å². The number of hydrogen-bond donors (Lipinski definition) is 2. The van der Waals surface area contributed by atoms with Crippen LogP contribution >= 0.6 is 15.9 Å². The molecule has 2 heterocycles. The van der Waals surface area contributed by atoms with Crippen molar-refractivity contribution >= 4 is 27.5 Å². The highest BCUT2D eigenvalue weighted by molar-refractivity contribution is 9.10. The number of nitrogens with zero attached hydrogens (tertiary/aromatic N) is 4. The Morgan fingerprint density at radius 1 is 1.39 bits per heavy atom. The Kier molecular flexibility index (Phi) is 6.07. The van der Waals surface area contributed by atoms with Crippen LogP contribution in [0.25, 0.3) is 0 Å². The van der Waals surface area contributed by atoms with E-state index in [1.54, 1.807) is 12.4 Å². The van der Waals surface area contributed by atoms with Gasteiger partial charge in [0.05, 0.1) is 24.6 Å². The van der Waals surface area contributed by atoms with Gasteiger partial charge in [-0.3, -0.25) is 9.59 Å². The fourth-order valence-electron chi connectivity index (χ4n) is 5.48. The predicted molar refractivity (Wildman–Crippen MR) is 123 cm³/mol. The van der Waals surface area contributed by atoms with Gasteiger partial charge in [-0.1, -0.05) is 20.8 Å². The van der Waals surface area contributed by atoms with Gasteiger partial charge < -0.3 is 10.6 Å². The summed E-state index contributed by atoms with van der Waals surface area (Å²) >= 11 is 3.43. The van der Waals surface area contributed by atoms with Crippen LogP contribution in [0.3, 0.4) is 0 Å². The second-order valence-corrected chi connectivity index (χ2v) is 10.6. The lowest BCUT2D eigenvalue weighted by atomic mass is 9.45. The standard InChI is InChI=1S/C22H31BrN6O2/c1-12-16-7-15(22(16,3)4)8-17(12)28-18-10-26-29(21(31)20(18)23)11-19(30)27-13(2)14-5-6-24-25-9-14/h9-10,12-13,15-17,28H,5-8,11H2,1-4H3,(H,27,30)/t12-,13?,15+,16-,17-/m1/s1. The van der Waals surface area contributed by atoms with Crippen molar-refractivity contribution in [3.8, 4) is 0 Å². The van der Waals surface area contributed by atoms with E-state index in [0.717, 1.165) is 24.3 Å². The van der Waals surface area contributed by atoms with E-state index in [4.69, 9.17) is 0 Å². The number of amides is 1. The molecular formula is C22H31BrN6O2. The molecule has 31 heavy (non-hydrogen) atoms. The number of aromatic nitrogens is 2. The maximum Gasteiger partial charge on any atom is 0.283 e. The summed E-state index contributed by atoms with van der Waals surface area (Å²) in [6.07, 6.45) is 6.52. The van der Waals surface area contributed by atoms with Gasteiger partial charge in [0.25, 0.3) is 5.56 Å². The van der Waals surface area contributed by atoms with Gasteiger partial charge in [0, 0.05) is 12.1 Å². The van der Waals surface area contributed by atoms with Crippen LogP contribution in [0.4, 0.5) is 5.69 Å². The van der Waals surface area contributed by atoms with Gasteiger partial charge in [-0.05, 0) is 70.9 Å². The number of fused-ring (bicyclic) bond motifs is 2. The van der Waals surface area contributed by atoms with Crippen molar-refractivity contribution in [1.82, 2.24) is 15.1 Å². The first kappa shape index (κ1) is 22.2. The van der Waals surface area contributed by atoms with Gasteiger partial charge in [0.15, 0.2) is 0 Å². The second kappa shape index (κ2) is 8.48. The predicted octanol–water partition coefficient (Wildman–Crippen LogP) is 3.73. The van der Waals surface area contributed by atoms with E-state index >= 15 is 0 Å². The Hall–Kier alpha value is -2.03. The quantitative estimate of drug-likeness (QED) is 0.633. The molecule has 2 bridgehead atoms. The van der Waals surface area contributed by atoms with E-state index in [1.807, 2.05) is 6.92 Å². The first-order valence-corrected chi connectivity index (χ1v) is 11.8. The molecule has 1 aromatic heterocycles. The van der Waals surface area contributed by atoms with Crippen LogP contribution in [0.5, 0.6) is 0 Å². The summed E-state index contributed by atoms with van der Waals surface area (Å²) in [4.78, 5) is 25.3. The van der Waals surface area contributed by atoms with Crippen molar-refractivity contribution in [2.45, 2.75) is 65.6 Å². The Morgan fingerprint density at radius 2 is 2.16 bits per heavy atom. The molecule has 9 heteroatoms. The van der Waals surface area contributed by atoms with Crippen LogP contribution in [-0.4, -0.2) is 34.3 Å². The lowest BCUT2D eigenvalue weighted by Crippen LogP contribution is -2.58. The smallest absolute Gasteiger partial charge is 0.283 e. The molecule has 1 unspecified atom stereocenters. The number of carbonyl (C=O) groups is 1. The molecule has 3 fully saturated rings. The van der Waals surface area contributed by atoms with E-state index in [0.29, 0.717) is 40.0 Å². The molecular weight excluding hydrogens is 460 g/mol. The average Bonchev–Trinajstić information content (AvgIpc) is 2.74. The third-order valence-electron chi connectivity index (χ3n) is 7.71. The summed E-state index contributed by atoms with van der Waals surface area (Å²) in [7, 11) is 0. The number of rotatable bonds is 6. The molecule has 1 aromatic rings. The molecule has 2 N–H and O–H groups in total. The highest BCUT2D eigenvalue weighted by Gasteiger charge is 2.56. The third-order valence-corrected chi connectivity index (χ3v) is 8.48. The lowest BCUT2D eigenvalue weighted by molar-refractivity contribution is -0.122. The number of anilines is 1. The van der Waals surface area contributed by atoms with Gasteiger partial charge in [-0.2, -0.15) is 15.3 Å². The Bertz CT molecular complexity index is 985. The zero-order valence-corrected chi connectivity index (χ0v) is 20.1. The molecule has 3 aliphatic carbocycles. The Labute approximate surface area is 191 Å². The van der Waals surface area contributed by atoms with Crippen molar-refractivity contribution in [2.24, 2.45) is 33.4 Å². The zero-order valence-electron chi connectivity index (χ0n) is 18.6. The average molecular weight is 491 g/mol. The number of hydrogen-bond acceptors (Lipinski definition) is 6. The fourth-order valence-corrected chi connectivity index (χ4v) is 5.90. The van der Waals surface area contributed by atoms with Crippen LogP contribution in [0, 0.1) is 23.2 Å². The second-order valence-electron chi connectivity index (χ2n) is 9.76. The first-order valence-electron chi connectivity index (χ1n) is 11.1. The molecule has 4 aliphatic rings. The minimum absolute atomic E-state index is 0.130. The van der Waals surface area contributed by atoms with Crippen molar-refractivity contribution in [3.63, 3.8) is 0 Å². The van der Waals surface area contributed by atoms with Crippen LogP contribution < -0.4 is 16.2 Å². The van der Waals surface area contributed by atoms with E-state index in [9.17, 15) is 9.59 Å². The van der Waals surface area contributed by atoms with Crippen LogP contribution in [-0.2, 0) is 11.3 Å². The molecule has 0 spiro atoms. The summed E-state index contributed by atoms with van der Waals surface area (Å²) in [6.45, 7) is 9.45. The number of azo groups is 1. The largest absolute Gasteiger partial charge is 0.380 e. The monoisotopic (exact) mass is 490 g/mol. The Balaban J connectivity index is 1.40. The van der Waals surface area contributed by atoms with Crippen molar-refractivity contribution in [1.29, 1.82) is 0 Å². The normalized spacial score (nSPS) is 29.5. The minimum Gasteiger partial charge on any atom is -0.380 e. The molecule has 0 saturated heterocycles. The number of nitrogens with one attached hydrogen (secondary N) is 2. The van der Waals surface area contributed by atoms with Gasteiger partial charge in [0.2, 0.25) is 5.91 Å².